The number of nitrogens with one attached hydrogen (secondary N) is 1. The average molecular weight is 262 g/mol. The van der Waals surface area contributed by atoms with Crippen LogP contribution in [0.15, 0.2) is 18.6 Å². The van der Waals surface area contributed by atoms with E-state index in [9.17, 15) is 4.79 Å². The molecule has 19 heavy (non-hydrogen) atoms. The summed E-state index contributed by atoms with van der Waals surface area (Å²) >= 11 is 0. The molecule has 1 unspecified atom stereocenters. The van der Waals surface area contributed by atoms with Crippen molar-refractivity contribution >= 4 is 11.6 Å². The van der Waals surface area contributed by atoms with E-state index >= 15 is 0 Å². The summed E-state index contributed by atoms with van der Waals surface area (Å²) in [5.74, 6) is -0.241. The fraction of sp³-hybridized carbons (Fsp3) is 0.417. The van der Waals surface area contributed by atoms with E-state index in [-0.39, 0.29) is 11.9 Å². The molecule has 102 valence electrons. The second-order valence-electron chi connectivity index (χ2n) is 4.40. The number of anilines is 1. The molecule has 2 aromatic heterocycles. The molecule has 1 amide bonds. The first-order valence-corrected chi connectivity index (χ1v) is 6.13. The van der Waals surface area contributed by atoms with Gasteiger partial charge in [-0.1, -0.05) is 0 Å². The van der Waals surface area contributed by atoms with Crippen LogP contribution in [0.25, 0.3) is 0 Å². The quantitative estimate of drug-likeness (QED) is 0.849. The third kappa shape index (κ3) is 2.59. The maximum absolute atomic E-state index is 12.1. The van der Waals surface area contributed by atoms with Crippen LogP contribution in [0, 0.1) is 0 Å². The van der Waals surface area contributed by atoms with Crippen LogP contribution in [0.5, 0.6) is 0 Å². The smallest absolute Gasteiger partial charge is 0.272 e. The number of hydrogen-bond donors (Lipinski definition) is 2. The molecule has 0 aliphatic heterocycles. The molecule has 0 aromatic carbocycles. The summed E-state index contributed by atoms with van der Waals surface area (Å²) in [4.78, 5) is 12.1. The molecule has 7 nitrogen and oxygen atoms in total. The molecule has 0 saturated heterocycles. The fourth-order valence-electron chi connectivity index (χ4n) is 1.86. The minimum atomic E-state index is -0.241. The van der Waals surface area contributed by atoms with E-state index in [1.807, 2.05) is 24.7 Å². The number of carbonyl (C=O) groups excluding carboxylic acids is 1. The molecule has 0 bridgehead atoms. The number of hydrogen-bond acceptors (Lipinski definition) is 4. The zero-order chi connectivity index (χ0) is 14.0. The summed E-state index contributed by atoms with van der Waals surface area (Å²) < 4.78 is 3.28. The highest BCUT2D eigenvalue weighted by Gasteiger charge is 2.18. The Labute approximate surface area is 111 Å². The first-order valence-electron chi connectivity index (χ1n) is 6.13. The third-order valence-corrected chi connectivity index (χ3v) is 3.01. The minimum Gasteiger partial charge on any atom is -0.396 e. The van der Waals surface area contributed by atoms with E-state index < -0.39 is 0 Å². The number of aryl methyl sites for hydroxylation is 2. The van der Waals surface area contributed by atoms with Gasteiger partial charge in [0.15, 0.2) is 0 Å². The van der Waals surface area contributed by atoms with Gasteiger partial charge in [-0.3, -0.25) is 14.2 Å². The zero-order valence-corrected chi connectivity index (χ0v) is 11.3. The van der Waals surface area contributed by atoms with Crippen LogP contribution < -0.4 is 11.1 Å². The molecule has 1 atom stereocenters. The van der Waals surface area contributed by atoms with Gasteiger partial charge in [0.1, 0.15) is 5.69 Å². The van der Waals surface area contributed by atoms with Crippen LogP contribution in [-0.4, -0.2) is 25.5 Å². The van der Waals surface area contributed by atoms with Crippen LogP contribution in [-0.2, 0) is 13.6 Å². The van der Waals surface area contributed by atoms with Crippen molar-refractivity contribution in [3.8, 4) is 0 Å². The van der Waals surface area contributed by atoms with Gasteiger partial charge in [-0.15, -0.1) is 0 Å². The summed E-state index contributed by atoms with van der Waals surface area (Å²) in [7, 11) is 1.69. The SMILES string of the molecule is CCn1cc(C(C)NC(=O)c2c(N)cnn2C)cn1. The van der Waals surface area contributed by atoms with Crippen molar-refractivity contribution in [3.63, 3.8) is 0 Å². The molecule has 0 spiro atoms. The molecule has 2 heterocycles. The lowest BCUT2D eigenvalue weighted by atomic mass is 10.2. The van der Waals surface area contributed by atoms with Crippen LogP contribution in [0.1, 0.15) is 35.9 Å². The first kappa shape index (κ1) is 13.1. The van der Waals surface area contributed by atoms with Crippen molar-refractivity contribution in [3.05, 3.63) is 29.8 Å². The van der Waals surface area contributed by atoms with Gasteiger partial charge in [0.2, 0.25) is 0 Å². The largest absolute Gasteiger partial charge is 0.396 e. The molecule has 0 fully saturated rings. The highest BCUT2D eigenvalue weighted by molar-refractivity contribution is 5.97. The molecular formula is C12H18N6O. The Morgan fingerprint density at radius 3 is 2.74 bits per heavy atom. The fourth-order valence-corrected chi connectivity index (χ4v) is 1.86. The summed E-state index contributed by atoms with van der Waals surface area (Å²) in [5.41, 5.74) is 7.42. The highest BCUT2D eigenvalue weighted by Crippen LogP contribution is 2.14. The van der Waals surface area contributed by atoms with E-state index in [2.05, 4.69) is 15.5 Å². The monoisotopic (exact) mass is 262 g/mol. The topological polar surface area (TPSA) is 90.8 Å². The molecule has 0 saturated carbocycles. The van der Waals surface area contributed by atoms with Crippen molar-refractivity contribution in [1.82, 2.24) is 24.9 Å². The summed E-state index contributed by atoms with van der Waals surface area (Å²) in [5, 5.41) is 11.0. The van der Waals surface area contributed by atoms with Crippen LogP contribution in [0.4, 0.5) is 5.69 Å². The van der Waals surface area contributed by atoms with Gasteiger partial charge in [-0.05, 0) is 13.8 Å². The van der Waals surface area contributed by atoms with E-state index in [1.165, 1.54) is 10.9 Å². The predicted octanol–water partition coefficient (Wildman–Crippen LogP) is 0.710. The van der Waals surface area contributed by atoms with E-state index in [0.717, 1.165) is 12.1 Å². The highest BCUT2D eigenvalue weighted by atomic mass is 16.2. The van der Waals surface area contributed by atoms with E-state index in [1.54, 1.807) is 13.2 Å². The molecule has 7 heteroatoms. The molecule has 0 aliphatic carbocycles. The Hall–Kier alpha value is -2.31. The second-order valence-corrected chi connectivity index (χ2v) is 4.40. The van der Waals surface area contributed by atoms with Crippen molar-refractivity contribution in [2.24, 2.45) is 7.05 Å². The summed E-state index contributed by atoms with van der Waals surface area (Å²) in [6, 6.07) is -0.137. The molecule has 2 aromatic rings. The van der Waals surface area contributed by atoms with Crippen LogP contribution in [0.3, 0.4) is 0 Å². The number of rotatable bonds is 4. The molecular weight excluding hydrogens is 244 g/mol. The van der Waals surface area contributed by atoms with Gasteiger partial charge in [-0.2, -0.15) is 10.2 Å². The summed E-state index contributed by atoms with van der Waals surface area (Å²) in [6.07, 6.45) is 5.13. The number of nitrogen functional groups attached to an aromatic ring is 1. The summed E-state index contributed by atoms with van der Waals surface area (Å²) in [6.45, 7) is 4.72. The van der Waals surface area contributed by atoms with Crippen molar-refractivity contribution in [2.75, 3.05) is 5.73 Å². The predicted molar refractivity (Wildman–Crippen MR) is 71.4 cm³/mol. The average Bonchev–Trinajstić information content (AvgIpc) is 2.96. The molecule has 0 radical (unpaired) electrons. The first-order chi connectivity index (χ1) is 9.02. The van der Waals surface area contributed by atoms with E-state index in [4.69, 9.17) is 5.73 Å². The van der Waals surface area contributed by atoms with E-state index in [0.29, 0.717) is 11.4 Å². The number of nitrogens with two attached hydrogens (primary N) is 1. The molecule has 3 N–H and O–H groups in total. The third-order valence-electron chi connectivity index (χ3n) is 3.01. The normalized spacial score (nSPS) is 12.4. The minimum absolute atomic E-state index is 0.137. The lowest BCUT2D eigenvalue weighted by molar-refractivity contribution is 0.0931. The lowest BCUT2D eigenvalue weighted by Crippen LogP contribution is -2.29. The van der Waals surface area contributed by atoms with Gasteiger partial charge >= 0.3 is 0 Å². The van der Waals surface area contributed by atoms with Gasteiger partial charge in [0.25, 0.3) is 5.91 Å². The standard InChI is InChI=1S/C12H18N6O/c1-4-18-7-9(5-15-18)8(2)16-12(19)11-10(13)6-14-17(11)3/h5-8H,4,13H2,1-3H3,(H,16,19). The zero-order valence-electron chi connectivity index (χ0n) is 11.3. The van der Waals surface area contributed by atoms with Crippen molar-refractivity contribution in [2.45, 2.75) is 26.4 Å². The number of nitrogens with zero attached hydrogens (tertiary/aromatic N) is 4. The Morgan fingerprint density at radius 1 is 1.47 bits per heavy atom. The van der Waals surface area contributed by atoms with Crippen molar-refractivity contribution < 1.29 is 4.79 Å². The Balaban J connectivity index is 2.10. The number of amides is 1. The lowest BCUT2D eigenvalue weighted by Gasteiger charge is -2.12. The Bertz CT molecular complexity index is 565. The van der Waals surface area contributed by atoms with Gasteiger partial charge < -0.3 is 11.1 Å². The number of aromatic nitrogens is 4. The van der Waals surface area contributed by atoms with Gasteiger partial charge in [0.05, 0.1) is 24.1 Å². The van der Waals surface area contributed by atoms with Gasteiger partial charge in [-0.25, -0.2) is 0 Å². The maximum Gasteiger partial charge on any atom is 0.272 e. The molecule has 0 aliphatic rings. The maximum atomic E-state index is 12.1. The van der Waals surface area contributed by atoms with Crippen LogP contribution in [0.2, 0.25) is 0 Å². The van der Waals surface area contributed by atoms with Gasteiger partial charge in [0, 0.05) is 25.4 Å². The number of carbonyl (C=O) groups is 1. The van der Waals surface area contributed by atoms with Crippen LogP contribution >= 0.6 is 0 Å². The Morgan fingerprint density at radius 2 is 2.21 bits per heavy atom. The van der Waals surface area contributed by atoms with Crippen molar-refractivity contribution in [1.29, 1.82) is 0 Å². The Kier molecular flexibility index (Phi) is 3.55. The molecule has 2 rings (SSSR count). The second kappa shape index (κ2) is 5.13.